The highest BCUT2D eigenvalue weighted by Gasteiger charge is 2.12. The first-order valence-electron chi connectivity index (χ1n) is 12.1. The summed E-state index contributed by atoms with van der Waals surface area (Å²) >= 11 is 3.52. The molecular weight excluding hydrogens is 518 g/mol. The molecule has 1 aromatic heterocycles. The maximum absolute atomic E-state index is 4.84. The van der Waals surface area contributed by atoms with Gasteiger partial charge in [0.25, 0.3) is 0 Å². The number of benzene rings is 5. The summed E-state index contributed by atoms with van der Waals surface area (Å²) in [6, 6.07) is 45.5. The van der Waals surface area contributed by atoms with Crippen LogP contribution < -0.4 is 0 Å². The lowest BCUT2D eigenvalue weighted by atomic mass is 9.98. The van der Waals surface area contributed by atoms with Gasteiger partial charge in [-0.05, 0) is 40.5 Å². The molecule has 0 aliphatic rings. The van der Waals surface area contributed by atoms with E-state index < -0.39 is 0 Å². The van der Waals surface area contributed by atoms with E-state index in [1.807, 2.05) is 60.7 Å². The molecular formula is C33H22BrN3. The van der Waals surface area contributed by atoms with Gasteiger partial charge in [0.2, 0.25) is 0 Å². The highest BCUT2D eigenvalue weighted by atomic mass is 79.9. The van der Waals surface area contributed by atoms with Gasteiger partial charge in [-0.3, -0.25) is 0 Å². The van der Waals surface area contributed by atoms with Gasteiger partial charge in [-0.25, -0.2) is 15.0 Å². The van der Waals surface area contributed by atoms with Gasteiger partial charge in [0.1, 0.15) is 0 Å². The zero-order valence-electron chi connectivity index (χ0n) is 19.9. The van der Waals surface area contributed by atoms with Gasteiger partial charge in [0.15, 0.2) is 17.5 Å². The Balaban J connectivity index is 1.37. The molecule has 3 nitrogen and oxygen atoms in total. The van der Waals surface area contributed by atoms with E-state index in [4.69, 9.17) is 15.0 Å². The number of halogens is 1. The van der Waals surface area contributed by atoms with Crippen molar-refractivity contribution >= 4 is 15.9 Å². The largest absolute Gasteiger partial charge is 0.208 e. The molecule has 4 heteroatoms. The van der Waals surface area contributed by atoms with Crippen molar-refractivity contribution in [2.75, 3.05) is 0 Å². The van der Waals surface area contributed by atoms with Crippen molar-refractivity contribution in [3.8, 4) is 56.4 Å². The SMILES string of the molecule is Brc1ccc(-c2cccc(-c3ccc(-c4nc(-c5ccccc5)nc(-c5ccccc5)n4)cc3)c2)cc1. The van der Waals surface area contributed by atoms with Gasteiger partial charge in [-0.15, -0.1) is 0 Å². The van der Waals surface area contributed by atoms with Crippen LogP contribution in [0, 0.1) is 0 Å². The topological polar surface area (TPSA) is 38.7 Å². The quantitative estimate of drug-likeness (QED) is 0.219. The Morgan fingerprint density at radius 2 is 0.676 bits per heavy atom. The van der Waals surface area contributed by atoms with Gasteiger partial charge in [0.05, 0.1) is 0 Å². The molecule has 0 fully saturated rings. The molecule has 0 amide bonds. The van der Waals surface area contributed by atoms with Crippen molar-refractivity contribution in [1.82, 2.24) is 15.0 Å². The molecule has 6 aromatic rings. The molecule has 5 aromatic carbocycles. The first-order chi connectivity index (χ1) is 18.2. The van der Waals surface area contributed by atoms with Crippen molar-refractivity contribution in [3.63, 3.8) is 0 Å². The third kappa shape index (κ3) is 5.11. The third-order valence-electron chi connectivity index (χ3n) is 6.22. The number of rotatable bonds is 5. The summed E-state index contributed by atoms with van der Waals surface area (Å²) in [6.45, 7) is 0. The Bertz CT molecular complexity index is 1590. The lowest BCUT2D eigenvalue weighted by Gasteiger charge is -2.10. The molecule has 37 heavy (non-hydrogen) atoms. The average molecular weight is 540 g/mol. The van der Waals surface area contributed by atoms with E-state index in [9.17, 15) is 0 Å². The highest BCUT2D eigenvalue weighted by molar-refractivity contribution is 9.10. The standard InChI is InChI=1S/C33H22BrN3/c34-30-20-18-24(19-21-30)29-13-7-12-28(22-29)23-14-16-27(17-15-23)33-36-31(25-8-3-1-4-9-25)35-32(37-33)26-10-5-2-6-11-26/h1-22H. The van der Waals surface area contributed by atoms with Crippen LogP contribution in [0.3, 0.4) is 0 Å². The van der Waals surface area contributed by atoms with E-state index in [1.165, 1.54) is 11.1 Å². The first-order valence-corrected chi connectivity index (χ1v) is 12.9. The Hall–Kier alpha value is -4.41. The molecule has 0 atom stereocenters. The van der Waals surface area contributed by atoms with Gasteiger partial charge < -0.3 is 0 Å². The number of aromatic nitrogens is 3. The second kappa shape index (κ2) is 10.3. The van der Waals surface area contributed by atoms with E-state index in [2.05, 4.69) is 88.7 Å². The fourth-order valence-corrected chi connectivity index (χ4v) is 4.53. The Labute approximate surface area is 224 Å². The smallest absolute Gasteiger partial charge is 0.164 e. The monoisotopic (exact) mass is 539 g/mol. The molecule has 0 saturated carbocycles. The minimum Gasteiger partial charge on any atom is -0.208 e. The van der Waals surface area contributed by atoms with Crippen molar-refractivity contribution in [2.24, 2.45) is 0 Å². The summed E-state index contributed by atoms with van der Waals surface area (Å²) in [5, 5.41) is 0. The van der Waals surface area contributed by atoms with Gasteiger partial charge in [-0.2, -0.15) is 0 Å². The summed E-state index contributed by atoms with van der Waals surface area (Å²) in [4.78, 5) is 14.5. The van der Waals surface area contributed by atoms with Crippen LogP contribution in [-0.4, -0.2) is 15.0 Å². The maximum atomic E-state index is 4.84. The van der Waals surface area contributed by atoms with Crippen molar-refractivity contribution < 1.29 is 0 Å². The zero-order chi connectivity index (χ0) is 25.0. The molecule has 0 bridgehead atoms. The van der Waals surface area contributed by atoms with Crippen molar-refractivity contribution in [2.45, 2.75) is 0 Å². The van der Waals surface area contributed by atoms with Crippen molar-refractivity contribution in [3.05, 3.63) is 138 Å². The van der Waals surface area contributed by atoms with Crippen LogP contribution in [0.1, 0.15) is 0 Å². The van der Waals surface area contributed by atoms with E-state index in [0.717, 1.165) is 32.3 Å². The minimum atomic E-state index is 0.655. The molecule has 176 valence electrons. The molecule has 6 rings (SSSR count). The summed E-state index contributed by atoms with van der Waals surface area (Å²) in [5.41, 5.74) is 7.56. The second-order valence-electron chi connectivity index (χ2n) is 8.70. The summed E-state index contributed by atoms with van der Waals surface area (Å²) in [6.07, 6.45) is 0. The van der Waals surface area contributed by atoms with Crippen LogP contribution in [0.15, 0.2) is 138 Å². The average Bonchev–Trinajstić information content (AvgIpc) is 2.98. The van der Waals surface area contributed by atoms with Crippen LogP contribution in [0.25, 0.3) is 56.4 Å². The van der Waals surface area contributed by atoms with Crippen LogP contribution in [0.2, 0.25) is 0 Å². The summed E-state index contributed by atoms with van der Waals surface area (Å²) in [7, 11) is 0. The maximum Gasteiger partial charge on any atom is 0.164 e. The number of hydrogen-bond donors (Lipinski definition) is 0. The van der Waals surface area contributed by atoms with Gasteiger partial charge >= 0.3 is 0 Å². The van der Waals surface area contributed by atoms with Crippen molar-refractivity contribution in [1.29, 1.82) is 0 Å². The van der Waals surface area contributed by atoms with Gasteiger partial charge in [-0.1, -0.05) is 131 Å². The fraction of sp³-hybridized carbons (Fsp3) is 0. The highest BCUT2D eigenvalue weighted by Crippen LogP contribution is 2.30. The van der Waals surface area contributed by atoms with Crippen LogP contribution in [0.4, 0.5) is 0 Å². The summed E-state index contributed by atoms with van der Waals surface area (Å²) < 4.78 is 1.08. The Morgan fingerprint density at radius 1 is 0.324 bits per heavy atom. The van der Waals surface area contributed by atoms with Gasteiger partial charge in [0, 0.05) is 21.2 Å². The van der Waals surface area contributed by atoms with Crippen LogP contribution in [0.5, 0.6) is 0 Å². The van der Waals surface area contributed by atoms with E-state index >= 15 is 0 Å². The van der Waals surface area contributed by atoms with E-state index in [1.54, 1.807) is 0 Å². The Kier molecular flexibility index (Phi) is 6.40. The van der Waals surface area contributed by atoms with Crippen LogP contribution >= 0.6 is 15.9 Å². The molecule has 0 aliphatic carbocycles. The Morgan fingerprint density at radius 3 is 1.14 bits per heavy atom. The van der Waals surface area contributed by atoms with E-state index in [-0.39, 0.29) is 0 Å². The molecule has 0 N–H and O–H groups in total. The molecule has 0 saturated heterocycles. The lowest BCUT2D eigenvalue weighted by molar-refractivity contribution is 1.07. The molecule has 1 heterocycles. The third-order valence-corrected chi connectivity index (χ3v) is 6.74. The predicted molar refractivity (Wildman–Crippen MR) is 155 cm³/mol. The molecule has 0 spiro atoms. The minimum absolute atomic E-state index is 0.655. The molecule has 0 unspecified atom stereocenters. The van der Waals surface area contributed by atoms with E-state index in [0.29, 0.717) is 17.5 Å². The first kappa shape index (κ1) is 23.0. The predicted octanol–water partition coefficient (Wildman–Crippen LogP) is 8.97. The second-order valence-corrected chi connectivity index (χ2v) is 9.62. The number of hydrogen-bond acceptors (Lipinski definition) is 3. The lowest BCUT2D eigenvalue weighted by Crippen LogP contribution is -2.00. The summed E-state index contributed by atoms with van der Waals surface area (Å²) in [5.74, 6) is 1.98. The molecule has 0 aliphatic heterocycles. The normalized spacial score (nSPS) is 10.8. The zero-order valence-corrected chi connectivity index (χ0v) is 21.5. The van der Waals surface area contributed by atoms with Crippen LogP contribution in [-0.2, 0) is 0 Å². The molecule has 0 radical (unpaired) electrons. The fourth-order valence-electron chi connectivity index (χ4n) is 4.27. The number of nitrogens with zero attached hydrogens (tertiary/aromatic N) is 3.